The van der Waals surface area contributed by atoms with Crippen LogP contribution in [-0.4, -0.2) is 11.7 Å². The van der Waals surface area contributed by atoms with E-state index in [4.69, 9.17) is 10.5 Å². The van der Waals surface area contributed by atoms with Gasteiger partial charge in [-0.15, -0.1) is 0 Å². The van der Waals surface area contributed by atoms with Crippen molar-refractivity contribution >= 4 is 6.09 Å². The van der Waals surface area contributed by atoms with Crippen LogP contribution in [0, 0.1) is 5.92 Å². The smallest absolute Gasteiger partial charge is 0.405 e. The normalized spacial score (nSPS) is 27.3. The number of allylic oxidation sites excluding steroid dienone is 1. The van der Waals surface area contributed by atoms with Crippen molar-refractivity contribution in [1.29, 1.82) is 0 Å². The second-order valence-electron chi connectivity index (χ2n) is 4.40. The predicted octanol–water partition coefficient (Wildman–Crippen LogP) is 2.61. The number of rotatable bonds is 2. The van der Waals surface area contributed by atoms with Gasteiger partial charge in [-0.3, -0.25) is 0 Å². The van der Waals surface area contributed by atoms with Crippen molar-refractivity contribution in [3.05, 3.63) is 11.6 Å². The van der Waals surface area contributed by atoms with E-state index in [1.165, 1.54) is 5.57 Å². The number of hydrogen-bond donors (Lipinski definition) is 1. The van der Waals surface area contributed by atoms with Gasteiger partial charge >= 0.3 is 6.09 Å². The van der Waals surface area contributed by atoms with E-state index >= 15 is 0 Å². The molecule has 2 N–H and O–H groups in total. The van der Waals surface area contributed by atoms with Crippen molar-refractivity contribution in [3.63, 3.8) is 0 Å². The van der Waals surface area contributed by atoms with E-state index in [9.17, 15) is 4.79 Å². The number of ether oxygens (including phenoxy) is 1. The Morgan fingerprint density at radius 3 is 2.64 bits per heavy atom. The average Bonchev–Trinajstić information content (AvgIpc) is 2.08. The lowest BCUT2D eigenvalue weighted by Crippen LogP contribution is -2.43. The first-order chi connectivity index (χ1) is 6.46. The van der Waals surface area contributed by atoms with E-state index < -0.39 is 6.09 Å². The van der Waals surface area contributed by atoms with Crippen LogP contribution in [0.3, 0.4) is 0 Å². The molecular formula is C11H19NO2. The average molecular weight is 197 g/mol. The summed E-state index contributed by atoms with van der Waals surface area (Å²) in [6.07, 6.45) is 4.15. The molecule has 0 radical (unpaired) electrons. The molecule has 0 fully saturated rings. The molecular weight excluding hydrogens is 178 g/mol. The molecule has 1 aliphatic carbocycles. The minimum absolute atomic E-state index is 0.305. The summed E-state index contributed by atoms with van der Waals surface area (Å²) in [7, 11) is 0. The number of hydrogen-bond acceptors (Lipinski definition) is 2. The van der Waals surface area contributed by atoms with Crippen LogP contribution in [0.1, 0.15) is 40.0 Å². The van der Waals surface area contributed by atoms with Crippen molar-refractivity contribution in [2.75, 3.05) is 0 Å². The van der Waals surface area contributed by atoms with Crippen LogP contribution >= 0.6 is 0 Å². The van der Waals surface area contributed by atoms with Crippen LogP contribution in [0.15, 0.2) is 11.6 Å². The van der Waals surface area contributed by atoms with E-state index in [1.54, 1.807) is 0 Å². The number of carbonyl (C=O) groups excluding carboxylic acids is 1. The van der Waals surface area contributed by atoms with E-state index in [0.717, 1.165) is 19.3 Å². The van der Waals surface area contributed by atoms with Gasteiger partial charge in [-0.2, -0.15) is 0 Å². The van der Waals surface area contributed by atoms with Crippen molar-refractivity contribution in [1.82, 2.24) is 0 Å². The summed E-state index contributed by atoms with van der Waals surface area (Å²) in [5.41, 5.74) is 6.10. The summed E-state index contributed by atoms with van der Waals surface area (Å²) >= 11 is 0. The molecule has 1 amide bonds. The summed E-state index contributed by atoms with van der Waals surface area (Å²) in [6, 6.07) is 0. The summed E-state index contributed by atoms with van der Waals surface area (Å²) < 4.78 is 5.28. The minimum atomic E-state index is -0.661. The van der Waals surface area contributed by atoms with Crippen LogP contribution in [0.5, 0.6) is 0 Å². The van der Waals surface area contributed by atoms with Gasteiger partial charge in [0, 0.05) is 6.42 Å². The van der Waals surface area contributed by atoms with Gasteiger partial charge in [0.1, 0.15) is 5.60 Å². The summed E-state index contributed by atoms with van der Waals surface area (Å²) in [5, 5.41) is 0. The Hall–Kier alpha value is -0.990. The Bertz CT molecular complexity index is 258. The fraction of sp³-hybridized carbons (Fsp3) is 0.727. The van der Waals surface area contributed by atoms with Gasteiger partial charge in [-0.25, -0.2) is 4.79 Å². The van der Waals surface area contributed by atoms with E-state index in [0.29, 0.717) is 5.92 Å². The molecule has 0 aliphatic heterocycles. The molecule has 3 nitrogen and oxygen atoms in total. The summed E-state index contributed by atoms with van der Waals surface area (Å²) in [5.74, 6) is 0.305. The van der Waals surface area contributed by atoms with Gasteiger partial charge in [0.15, 0.2) is 0 Å². The Kier molecular flexibility index (Phi) is 3.19. The van der Waals surface area contributed by atoms with Gasteiger partial charge in [0.2, 0.25) is 0 Å². The topological polar surface area (TPSA) is 52.3 Å². The van der Waals surface area contributed by atoms with Gasteiger partial charge in [-0.1, -0.05) is 25.5 Å². The maximum atomic E-state index is 10.8. The van der Waals surface area contributed by atoms with E-state index in [2.05, 4.69) is 26.8 Å². The maximum absolute atomic E-state index is 10.8. The number of amides is 1. The van der Waals surface area contributed by atoms with Crippen molar-refractivity contribution in [2.24, 2.45) is 11.7 Å². The molecule has 1 unspecified atom stereocenters. The molecule has 14 heavy (non-hydrogen) atoms. The van der Waals surface area contributed by atoms with Crippen molar-refractivity contribution in [2.45, 2.75) is 45.6 Å². The van der Waals surface area contributed by atoms with Gasteiger partial charge in [0.25, 0.3) is 0 Å². The highest BCUT2D eigenvalue weighted by atomic mass is 16.6. The number of carbonyl (C=O) groups is 1. The second-order valence-corrected chi connectivity index (χ2v) is 4.40. The Morgan fingerprint density at radius 2 is 2.29 bits per heavy atom. The van der Waals surface area contributed by atoms with Gasteiger partial charge in [0.05, 0.1) is 0 Å². The quantitative estimate of drug-likeness (QED) is 0.692. The Labute approximate surface area is 85.3 Å². The largest absolute Gasteiger partial charge is 0.442 e. The molecule has 0 bridgehead atoms. The van der Waals surface area contributed by atoms with Crippen LogP contribution in [-0.2, 0) is 4.74 Å². The lowest BCUT2D eigenvalue weighted by Gasteiger charge is -2.38. The molecule has 0 aromatic carbocycles. The third-order valence-electron chi connectivity index (χ3n) is 3.09. The third kappa shape index (κ3) is 2.28. The Morgan fingerprint density at radius 1 is 1.64 bits per heavy atom. The van der Waals surface area contributed by atoms with E-state index in [1.807, 2.05) is 0 Å². The Balaban J connectivity index is 2.79. The first-order valence-corrected chi connectivity index (χ1v) is 5.10. The molecule has 0 aromatic heterocycles. The SMILES string of the molecule is CC1=CCC(OC(N)=O)(C(C)C)CC1. The van der Waals surface area contributed by atoms with Crippen molar-refractivity contribution < 1.29 is 9.53 Å². The summed E-state index contributed by atoms with van der Waals surface area (Å²) in [6.45, 7) is 6.24. The standard InChI is InChI=1S/C11H19NO2/c1-8(2)11(14-10(12)13)6-4-9(3)5-7-11/h4,8H,5-7H2,1-3H3,(H2,12,13). The molecule has 0 heterocycles. The molecule has 0 aromatic rings. The third-order valence-corrected chi connectivity index (χ3v) is 3.09. The molecule has 3 heteroatoms. The fourth-order valence-corrected chi connectivity index (χ4v) is 1.90. The van der Waals surface area contributed by atoms with Gasteiger partial charge in [-0.05, 0) is 25.7 Å². The molecule has 80 valence electrons. The first kappa shape index (κ1) is 11.1. The lowest BCUT2D eigenvalue weighted by molar-refractivity contribution is -0.0274. The highest BCUT2D eigenvalue weighted by Crippen LogP contribution is 2.36. The first-order valence-electron chi connectivity index (χ1n) is 5.10. The highest BCUT2D eigenvalue weighted by molar-refractivity contribution is 5.65. The predicted molar refractivity (Wildman–Crippen MR) is 55.8 cm³/mol. The maximum Gasteiger partial charge on any atom is 0.405 e. The van der Waals surface area contributed by atoms with Crippen LogP contribution < -0.4 is 5.73 Å². The van der Waals surface area contributed by atoms with E-state index in [-0.39, 0.29) is 5.60 Å². The van der Waals surface area contributed by atoms with Crippen LogP contribution in [0.4, 0.5) is 4.79 Å². The summed E-state index contributed by atoms with van der Waals surface area (Å²) in [4.78, 5) is 10.8. The number of nitrogens with two attached hydrogens (primary N) is 1. The van der Waals surface area contributed by atoms with Crippen LogP contribution in [0.25, 0.3) is 0 Å². The van der Waals surface area contributed by atoms with Crippen LogP contribution in [0.2, 0.25) is 0 Å². The minimum Gasteiger partial charge on any atom is -0.442 e. The zero-order valence-corrected chi connectivity index (χ0v) is 9.17. The fourth-order valence-electron chi connectivity index (χ4n) is 1.90. The molecule has 1 aliphatic rings. The highest BCUT2D eigenvalue weighted by Gasteiger charge is 2.37. The zero-order valence-electron chi connectivity index (χ0n) is 9.17. The zero-order chi connectivity index (χ0) is 10.8. The second kappa shape index (κ2) is 4.03. The molecule has 0 spiro atoms. The molecule has 1 rings (SSSR count). The lowest BCUT2D eigenvalue weighted by atomic mass is 9.78. The monoisotopic (exact) mass is 197 g/mol. The molecule has 0 saturated heterocycles. The molecule has 0 saturated carbocycles. The van der Waals surface area contributed by atoms with Gasteiger partial charge < -0.3 is 10.5 Å². The number of primary amides is 1. The van der Waals surface area contributed by atoms with Crippen molar-refractivity contribution in [3.8, 4) is 0 Å². The molecule has 1 atom stereocenters.